The number of ether oxygens (including phenoxy) is 1. The monoisotopic (exact) mass is 302 g/mol. The average Bonchev–Trinajstić information content (AvgIpc) is 2.54. The van der Waals surface area contributed by atoms with Crippen LogP contribution in [0, 0.1) is 0 Å². The van der Waals surface area contributed by atoms with E-state index in [1.165, 1.54) is 19.3 Å². The summed E-state index contributed by atoms with van der Waals surface area (Å²) in [6, 6.07) is 7.72. The number of nitrogens with zero attached hydrogens (tertiary/aromatic N) is 1. The van der Waals surface area contributed by atoms with E-state index in [0.29, 0.717) is 6.42 Å². The first-order valence-electron chi connectivity index (χ1n) is 7.89. The SMILES string of the molecule is CCCCCCCC(=O)N/N=C/C=C/c1ccccc1OC. The standard InChI is InChI=1S/C18H26N2O2/c1-3-4-5-6-7-14-18(21)20-19-15-10-12-16-11-8-9-13-17(16)22-2/h8-13,15H,3-7,14H2,1-2H3,(H,20,21)/b12-10+,19-15+. The lowest BCUT2D eigenvalue weighted by molar-refractivity contribution is -0.121. The normalized spacial score (nSPS) is 11.2. The van der Waals surface area contributed by atoms with Crippen LogP contribution in [0.3, 0.4) is 0 Å². The van der Waals surface area contributed by atoms with Crippen molar-refractivity contribution in [2.45, 2.75) is 45.4 Å². The van der Waals surface area contributed by atoms with Crippen molar-refractivity contribution >= 4 is 18.2 Å². The summed E-state index contributed by atoms with van der Waals surface area (Å²) in [5, 5.41) is 3.90. The molecular weight excluding hydrogens is 276 g/mol. The van der Waals surface area contributed by atoms with Crippen molar-refractivity contribution < 1.29 is 9.53 Å². The quantitative estimate of drug-likeness (QED) is 0.400. The third-order valence-corrected chi connectivity index (χ3v) is 3.27. The molecule has 1 rings (SSSR count). The van der Waals surface area contributed by atoms with Gasteiger partial charge in [-0.15, -0.1) is 0 Å². The van der Waals surface area contributed by atoms with Crippen molar-refractivity contribution in [2.75, 3.05) is 7.11 Å². The molecule has 1 N–H and O–H groups in total. The Morgan fingerprint density at radius 1 is 1.23 bits per heavy atom. The van der Waals surface area contributed by atoms with Crippen molar-refractivity contribution in [1.29, 1.82) is 0 Å². The van der Waals surface area contributed by atoms with Gasteiger partial charge in [-0.05, 0) is 24.6 Å². The smallest absolute Gasteiger partial charge is 0.240 e. The Morgan fingerprint density at radius 2 is 2.00 bits per heavy atom. The highest BCUT2D eigenvalue weighted by Gasteiger charge is 1.98. The molecule has 0 fully saturated rings. The molecular formula is C18H26N2O2. The van der Waals surface area contributed by atoms with E-state index in [0.717, 1.165) is 24.2 Å². The molecule has 0 aliphatic rings. The fourth-order valence-electron chi connectivity index (χ4n) is 2.05. The topological polar surface area (TPSA) is 50.7 Å². The number of nitrogens with one attached hydrogen (secondary N) is 1. The molecule has 0 aromatic heterocycles. The zero-order chi connectivity index (χ0) is 16.0. The number of hydrogen-bond donors (Lipinski definition) is 1. The number of methoxy groups -OCH3 is 1. The zero-order valence-electron chi connectivity index (χ0n) is 13.5. The van der Waals surface area contributed by atoms with Crippen LogP contribution in [0.1, 0.15) is 51.0 Å². The second kappa shape index (κ2) is 11.5. The first-order chi connectivity index (χ1) is 10.8. The van der Waals surface area contributed by atoms with E-state index < -0.39 is 0 Å². The fourth-order valence-corrected chi connectivity index (χ4v) is 2.05. The van der Waals surface area contributed by atoms with Crippen LogP contribution < -0.4 is 10.2 Å². The Kier molecular flexibility index (Phi) is 9.42. The number of allylic oxidation sites excluding steroid dienone is 1. The summed E-state index contributed by atoms with van der Waals surface area (Å²) >= 11 is 0. The van der Waals surface area contributed by atoms with E-state index >= 15 is 0 Å². The summed E-state index contributed by atoms with van der Waals surface area (Å²) < 4.78 is 5.25. The number of amides is 1. The minimum Gasteiger partial charge on any atom is -0.496 e. The van der Waals surface area contributed by atoms with Crippen LogP contribution in [0.2, 0.25) is 0 Å². The first kappa shape index (κ1) is 18.0. The maximum atomic E-state index is 11.5. The van der Waals surface area contributed by atoms with Crippen LogP contribution in [0.5, 0.6) is 5.75 Å². The number of benzene rings is 1. The van der Waals surface area contributed by atoms with Gasteiger partial charge < -0.3 is 4.74 Å². The van der Waals surface area contributed by atoms with Crippen LogP contribution in [0.4, 0.5) is 0 Å². The highest BCUT2D eigenvalue weighted by molar-refractivity contribution is 5.81. The van der Waals surface area contributed by atoms with Crippen LogP contribution in [-0.4, -0.2) is 19.2 Å². The summed E-state index contributed by atoms with van der Waals surface area (Å²) in [7, 11) is 1.64. The van der Waals surface area contributed by atoms with Crippen LogP contribution in [0.25, 0.3) is 6.08 Å². The minimum absolute atomic E-state index is 0.0292. The van der Waals surface area contributed by atoms with Gasteiger partial charge in [-0.2, -0.15) is 5.10 Å². The van der Waals surface area contributed by atoms with Gasteiger partial charge in [0.05, 0.1) is 7.11 Å². The highest BCUT2D eigenvalue weighted by atomic mass is 16.5. The van der Waals surface area contributed by atoms with Gasteiger partial charge in [0.2, 0.25) is 5.91 Å². The molecule has 22 heavy (non-hydrogen) atoms. The number of carbonyl (C=O) groups is 1. The van der Waals surface area contributed by atoms with E-state index in [1.807, 2.05) is 30.3 Å². The summed E-state index contributed by atoms with van der Waals surface area (Å²) in [5.41, 5.74) is 3.51. The zero-order valence-corrected chi connectivity index (χ0v) is 13.5. The van der Waals surface area contributed by atoms with Crippen molar-refractivity contribution in [1.82, 2.24) is 5.43 Å². The second-order valence-corrected chi connectivity index (χ2v) is 5.08. The largest absolute Gasteiger partial charge is 0.496 e. The van der Waals surface area contributed by atoms with E-state index in [1.54, 1.807) is 19.4 Å². The lowest BCUT2D eigenvalue weighted by Crippen LogP contribution is -2.16. The molecule has 0 unspecified atom stereocenters. The van der Waals surface area contributed by atoms with Crippen molar-refractivity contribution in [3.63, 3.8) is 0 Å². The summed E-state index contributed by atoms with van der Waals surface area (Å²) in [5.74, 6) is 0.779. The van der Waals surface area contributed by atoms with Gasteiger partial charge in [0.1, 0.15) is 5.75 Å². The number of unbranched alkanes of at least 4 members (excludes halogenated alkanes) is 4. The third kappa shape index (κ3) is 7.62. The van der Waals surface area contributed by atoms with Gasteiger partial charge in [-0.25, -0.2) is 5.43 Å². The van der Waals surface area contributed by atoms with Crippen LogP contribution >= 0.6 is 0 Å². The molecule has 4 heteroatoms. The van der Waals surface area contributed by atoms with E-state index in [2.05, 4.69) is 17.5 Å². The van der Waals surface area contributed by atoms with Gasteiger partial charge in [-0.3, -0.25) is 4.79 Å². The van der Waals surface area contributed by atoms with Crippen molar-refractivity contribution in [3.05, 3.63) is 35.9 Å². The molecule has 1 amide bonds. The van der Waals surface area contributed by atoms with E-state index in [-0.39, 0.29) is 5.91 Å². The Morgan fingerprint density at radius 3 is 2.77 bits per heavy atom. The lowest BCUT2D eigenvalue weighted by atomic mass is 10.1. The number of hydrazone groups is 1. The Hall–Kier alpha value is -2.10. The van der Waals surface area contributed by atoms with Crippen molar-refractivity contribution in [3.8, 4) is 5.75 Å². The maximum Gasteiger partial charge on any atom is 0.240 e. The summed E-state index contributed by atoms with van der Waals surface area (Å²) in [6.45, 7) is 2.18. The Labute approximate surface area is 133 Å². The van der Waals surface area contributed by atoms with Gasteiger partial charge in [0.15, 0.2) is 0 Å². The molecule has 0 bridgehead atoms. The molecule has 1 aromatic rings. The van der Waals surface area contributed by atoms with Gasteiger partial charge in [0, 0.05) is 18.2 Å². The molecule has 0 radical (unpaired) electrons. The van der Waals surface area contributed by atoms with Gasteiger partial charge in [0.25, 0.3) is 0 Å². The van der Waals surface area contributed by atoms with Gasteiger partial charge in [-0.1, -0.05) is 50.8 Å². The molecule has 0 aliphatic carbocycles. The molecule has 0 saturated heterocycles. The summed E-state index contributed by atoms with van der Waals surface area (Å²) in [4.78, 5) is 11.5. The molecule has 1 aromatic carbocycles. The van der Waals surface area contributed by atoms with Crippen LogP contribution in [-0.2, 0) is 4.79 Å². The fraction of sp³-hybridized carbons (Fsp3) is 0.444. The van der Waals surface area contributed by atoms with E-state index in [4.69, 9.17) is 4.74 Å². The second-order valence-electron chi connectivity index (χ2n) is 5.08. The highest BCUT2D eigenvalue weighted by Crippen LogP contribution is 2.18. The van der Waals surface area contributed by atoms with E-state index in [9.17, 15) is 4.79 Å². The predicted octanol–water partition coefficient (Wildman–Crippen LogP) is 4.17. The number of rotatable bonds is 10. The molecule has 0 saturated carbocycles. The molecule has 0 spiro atoms. The number of para-hydroxylation sites is 1. The molecule has 0 atom stereocenters. The Bertz CT molecular complexity index is 496. The number of carbonyl (C=O) groups excluding carboxylic acids is 1. The van der Waals surface area contributed by atoms with Crippen molar-refractivity contribution in [2.24, 2.45) is 5.10 Å². The Balaban J connectivity index is 2.25. The third-order valence-electron chi connectivity index (χ3n) is 3.27. The molecule has 0 aliphatic heterocycles. The lowest BCUT2D eigenvalue weighted by Gasteiger charge is -2.02. The molecule has 4 nitrogen and oxygen atoms in total. The van der Waals surface area contributed by atoms with Gasteiger partial charge >= 0.3 is 0 Å². The minimum atomic E-state index is -0.0292. The number of hydrogen-bond acceptors (Lipinski definition) is 3. The summed E-state index contributed by atoms with van der Waals surface area (Å²) in [6.07, 6.45) is 11.5. The van der Waals surface area contributed by atoms with Crippen LogP contribution in [0.15, 0.2) is 35.4 Å². The average molecular weight is 302 g/mol. The molecule has 120 valence electrons. The molecule has 0 heterocycles. The predicted molar refractivity (Wildman–Crippen MR) is 92.0 cm³/mol. The maximum absolute atomic E-state index is 11.5. The first-order valence-corrected chi connectivity index (χ1v) is 7.89.